The summed E-state index contributed by atoms with van der Waals surface area (Å²) in [5.74, 6) is -0.471. The number of anilines is 1. The van der Waals surface area contributed by atoms with Crippen LogP contribution < -0.4 is 10.6 Å². The first kappa shape index (κ1) is 14.4. The van der Waals surface area contributed by atoms with Crippen molar-refractivity contribution in [2.24, 2.45) is 0 Å². The van der Waals surface area contributed by atoms with E-state index in [4.69, 9.17) is 0 Å². The van der Waals surface area contributed by atoms with Crippen LogP contribution in [-0.4, -0.2) is 44.4 Å². The average Bonchev–Trinajstić information content (AvgIpc) is 2.26. The topological polar surface area (TPSA) is 88.2 Å². The third-order valence-electron chi connectivity index (χ3n) is 2.22. The molecule has 0 aliphatic heterocycles. The van der Waals surface area contributed by atoms with Crippen molar-refractivity contribution in [3.63, 3.8) is 0 Å². The molecule has 7 heteroatoms. The maximum Gasteiger partial charge on any atom is 0.270 e. The minimum atomic E-state index is -3.11. The molecule has 1 heterocycles. The normalized spacial score (nSPS) is 12.8. The number of amides is 1. The molecule has 2 N–H and O–H groups in total. The molecule has 1 aromatic rings. The second-order valence-electron chi connectivity index (χ2n) is 4.15. The summed E-state index contributed by atoms with van der Waals surface area (Å²) < 4.78 is 22.1. The molecule has 0 aliphatic carbocycles. The average molecular weight is 271 g/mol. The Balaban J connectivity index is 2.64. The highest BCUT2D eigenvalue weighted by Gasteiger charge is 2.14. The van der Waals surface area contributed by atoms with Crippen LogP contribution in [0.4, 0.5) is 5.69 Å². The van der Waals surface area contributed by atoms with Crippen molar-refractivity contribution >= 4 is 21.4 Å². The van der Waals surface area contributed by atoms with Crippen molar-refractivity contribution in [2.75, 3.05) is 24.4 Å². The van der Waals surface area contributed by atoms with Crippen molar-refractivity contribution in [1.82, 2.24) is 10.3 Å². The number of nitrogens with one attached hydrogen (secondary N) is 2. The molecule has 0 bridgehead atoms. The molecule has 0 saturated carbocycles. The molecule has 0 fully saturated rings. The van der Waals surface area contributed by atoms with Crippen LogP contribution in [-0.2, 0) is 9.84 Å². The van der Waals surface area contributed by atoms with Gasteiger partial charge in [0.2, 0.25) is 0 Å². The van der Waals surface area contributed by atoms with E-state index in [2.05, 4.69) is 15.6 Å². The number of aromatic nitrogens is 1. The molecular formula is C11H17N3O3S. The molecule has 0 spiro atoms. The second-order valence-corrected chi connectivity index (χ2v) is 6.33. The summed E-state index contributed by atoms with van der Waals surface area (Å²) in [6, 6.07) is 2.86. The molecule has 1 atom stereocenters. The Morgan fingerprint density at radius 3 is 2.56 bits per heavy atom. The molecule has 1 unspecified atom stereocenters. The fraction of sp³-hybridized carbons (Fsp3) is 0.455. The first-order chi connectivity index (χ1) is 8.31. The minimum Gasteiger partial charge on any atom is -0.387 e. The predicted octanol–water partition coefficient (Wildman–Crippen LogP) is 0.286. The van der Waals surface area contributed by atoms with Gasteiger partial charge in [0.15, 0.2) is 0 Å². The summed E-state index contributed by atoms with van der Waals surface area (Å²) in [6.45, 7) is 1.64. The van der Waals surface area contributed by atoms with Crippen LogP contribution in [0.3, 0.4) is 0 Å². The Morgan fingerprint density at radius 2 is 2.11 bits per heavy atom. The zero-order valence-electron chi connectivity index (χ0n) is 10.6. The highest BCUT2D eigenvalue weighted by molar-refractivity contribution is 7.90. The molecule has 1 amide bonds. The highest BCUT2D eigenvalue weighted by Crippen LogP contribution is 2.05. The van der Waals surface area contributed by atoms with Gasteiger partial charge in [-0.15, -0.1) is 0 Å². The smallest absolute Gasteiger partial charge is 0.270 e. The third kappa shape index (κ3) is 4.70. The van der Waals surface area contributed by atoms with E-state index in [1.54, 1.807) is 26.1 Å². The maximum absolute atomic E-state index is 11.8. The van der Waals surface area contributed by atoms with Crippen LogP contribution in [0.2, 0.25) is 0 Å². The van der Waals surface area contributed by atoms with Gasteiger partial charge in [0, 0.05) is 19.3 Å². The Morgan fingerprint density at radius 1 is 1.44 bits per heavy atom. The van der Waals surface area contributed by atoms with E-state index in [0.29, 0.717) is 0 Å². The summed E-state index contributed by atoms with van der Waals surface area (Å²) in [5, 5.41) is 5.48. The lowest BCUT2D eigenvalue weighted by Gasteiger charge is -2.12. The summed E-state index contributed by atoms with van der Waals surface area (Å²) in [7, 11) is -1.35. The largest absolute Gasteiger partial charge is 0.387 e. The van der Waals surface area contributed by atoms with Crippen LogP contribution in [0, 0.1) is 0 Å². The number of sulfone groups is 1. The van der Waals surface area contributed by atoms with Crippen molar-refractivity contribution in [3.8, 4) is 0 Å². The maximum atomic E-state index is 11.8. The lowest BCUT2D eigenvalue weighted by Crippen LogP contribution is -2.37. The van der Waals surface area contributed by atoms with Crippen molar-refractivity contribution in [1.29, 1.82) is 0 Å². The second kappa shape index (κ2) is 5.81. The van der Waals surface area contributed by atoms with Gasteiger partial charge in [-0.05, 0) is 19.1 Å². The lowest BCUT2D eigenvalue weighted by atomic mass is 10.3. The molecule has 0 radical (unpaired) electrons. The van der Waals surface area contributed by atoms with Gasteiger partial charge in [0.1, 0.15) is 15.5 Å². The number of carbonyl (C=O) groups excluding carboxylic acids is 1. The highest BCUT2D eigenvalue weighted by atomic mass is 32.2. The minimum absolute atomic E-state index is 0.0899. The van der Waals surface area contributed by atoms with Crippen LogP contribution in [0.1, 0.15) is 17.4 Å². The van der Waals surface area contributed by atoms with Gasteiger partial charge < -0.3 is 10.6 Å². The molecule has 0 saturated heterocycles. The molecule has 1 rings (SSSR count). The number of hydrogen-bond donors (Lipinski definition) is 2. The molecule has 18 heavy (non-hydrogen) atoms. The summed E-state index contributed by atoms with van der Waals surface area (Å²) in [5.41, 5.74) is 1.06. The quantitative estimate of drug-likeness (QED) is 0.803. The number of carbonyl (C=O) groups is 1. The van der Waals surface area contributed by atoms with Gasteiger partial charge in [-0.1, -0.05) is 0 Å². The SMILES string of the molecule is CNc1ccc(C(=O)NC(C)CS(C)(=O)=O)nc1. The van der Waals surface area contributed by atoms with Crippen molar-refractivity contribution in [2.45, 2.75) is 13.0 Å². The fourth-order valence-corrected chi connectivity index (χ4v) is 2.46. The van der Waals surface area contributed by atoms with Crippen LogP contribution in [0.15, 0.2) is 18.3 Å². The monoisotopic (exact) mass is 271 g/mol. The zero-order valence-corrected chi connectivity index (χ0v) is 11.4. The van der Waals surface area contributed by atoms with Gasteiger partial charge in [0.05, 0.1) is 17.6 Å². The van der Waals surface area contributed by atoms with E-state index in [1.165, 1.54) is 6.20 Å². The van der Waals surface area contributed by atoms with E-state index in [9.17, 15) is 13.2 Å². The summed E-state index contributed by atoms with van der Waals surface area (Å²) in [4.78, 5) is 15.7. The van der Waals surface area contributed by atoms with Gasteiger partial charge in [-0.25, -0.2) is 13.4 Å². The molecule has 0 aliphatic rings. The summed E-state index contributed by atoms with van der Waals surface area (Å²) in [6.07, 6.45) is 2.67. The Labute approximate surface area is 107 Å². The molecule has 1 aromatic heterocycles. The Kier molecular flexibility index (Phi) is 4.66. The van der Waals surface area contributed by atoms with Gasteiger partial charge in [0.25, 0.3) is 5.91 Å². The summed E-state index contributed by atoms with van der Waals surface area (Å²) >= 11 is 0. The molecule has 0 aromatic carbocycles. The van der Waals surface area contributed by atoms with Crippen LogP contribution in [0.5, 0.6) is 0 Å². The van der Waals surface area contributed by atoms with Crippen molar-refractivity contribution in [3.05, 3.63) is 24.0 Å². The van der Waals surface area contributed by atoms with E-state index in [-0.39, 0.29) is 17.4 Å². The molecule has 6 nitrogen and oxygen atoms in total. The number of nitrogens with zero attached hydrogens (tertiary/aromatic N) is 1. The van der Waals surface area contributed by atoms with E-state index < -0.39 is 15.9 Å². The van der Waals surface area contributed by atoms with Crippen LogP contribution in [0.25, 0.3) is 0 Å². The number of hydrogen-bond acceptors (Lipinski definition) is 5. The van der Waals surface area contributed by atoms with E-state index in [1.807, 2.05) is 0 Å². The van der Waals surface area contributed by atoms with Gasteiger partial charge in [-0.2, -0.15) is 0 Å². The van der Waals surface area contributed by atoms with E-state index in [0.717, 1.165) is 11.9 Å². The predicted molar refractivity (Wildman–Crippen MR) is 70.4 cm³/mol. The van der Waals surface area contributed by atoms with Crippen molar-refractivity contribution < 1.29 is 13.2 Å². The fourth-order valence-electron chi connectivity index (χ4n) is 1.47. The van der Waals surface area contributed by atoms with E-state index >= 15 is 0 Å². The molecular weight excluding hydrogens is 254 g/mol. The van der Waals surface area contributed by atoms with Gasteiger partial charge >= 0.3 is 0 Å². The number of pyridine rings is 1. The lowest BCUT2D eigenvalue weighted by molar-refractivity contribution is 0.0938. The molecule has 100 valence electrons. The number of rotatable bonds is 5. The Hall–Kier alpha value is -1.63. The van der Waals surface area contributed by atoms with Crippen LogP contribution >= 0.6 is 0 Å². The first-order valence-electron chi connectivity index (χ1n) is 5.44. The first-order valence-corrected chi connectivity index (χ1v) is 7.50. The Bertz CT molecular complexity index is 511. The standard InChI is InChI=1S/C11H17N3O3S/c1-8(7-18(3,16)17)14-11(15)10-5-4-9(12-2)6-13-10/h4-6,8,12H,7H2,1-3H3,(H,14,15). The van der Waals surface area contributed by atoms with Gasteiger partial charge in [-0.3, -0.25) is 4.79 Å². The third-order valence-corrected chi connectivity index (χ3v) is 3.32. The zero-order chi connectivity index (χ0) is 13.8.